The van der Waals surface area contributed by atoms with Crippen molar-refractivity contribution in [2.75, 3.05) is 20.1 Å². The lowest BCUT2D eigenvalue weighted by Crippen LogP contribution is -2.52. The lowest BCUT2D eigenvalue weighted by molar-refractivity contribution is 0.110. The van der Waals surface area contributed by atoms with E-state index in [4.69, 9.17) is 0 Å². The van der Waals surface area contributed by atoms with Crippen LogP contribution < -0.4 is 5.32 Å². The van der Waals surface area contributed by atoms with Crippen molar-refractivity contribution in [2.45, 2.75) is 37.3 Å². The van der Waals surface area contributed by atoms with Gasteiger partial charge in [-0.15, -0.1) is 11.3 Å². The lowest BCUT2D eigenvalue weighted by atomic mass is 9.84. The predicted octanol–water partition coefficient (Wildman–Crippen LogP) is 1.82. The maximum atomic E-state index is 4.53. The molecule has 2 aliphatic rings. The summed E-state index contributed by atoms with van der Waals surface area (Å²) in [4.78, 5) is 7.19. The molecule has 2 saturated heterocycles. The summed E-state index contributed by atoms with van der Waals surface area (Å²) in [5.41, 5.74) is 0.152. The molecule has 0 aliphatic carbocycles. The average molecular weight is 237 g/mol. The molecule has 1 aromatic rings. The third kappa shape index (κ3) is 1.60. The van der Waals surface area contributed by atoms with Crippen LogP contribution in [0.15, 0.2) is 11.6 Å². The van der Waals surface area contributed by atoms with Gasteiger partial charge >= 0.3 is 0 Å². The lowest BCUT2D eigenvalue weighted by Gasteiger charge is -2.43. The molecule has 0 aromatic carbocycles. The fourth-order valence-electron chi connectivity index (χ4n) is 3.25. The highest BCUT2D eigenvalue weighted by Gasteiger charge is 2.43. The third-order valence-corrected chi connectivity index (χ3v) is 5.21. The van der Waals surface area contributed by atoms with Crippen molar-refractivity contribution < 1.29 is 0 Å². The monoisotopic (exact) mass is 237 g/mol. The Bertz CT molecular complexity index is 351. The molecule has 2 fully saturated rings. The van der Waals surface area contributed by atoms with Gasteiger partial charge in [-0.2, -0.15) is 0 Å². The Morgan fingerprint density at radius 3 is 3.25 bits per heavy atom. The summed E-state index contributed by atoms with van der Waals surface area (Å²) in [6, 6.07) is 0.782. The van der Waals surface area contributed by atoms with Gasteiger partial charge in [0.2, 0.25) is 0 Å². The highest BCUT2D eigenvalue weighted by molar-refractivity contribution is 7.09. The van der Waals surface area contributed by atoms with Crippen LogP contribution in [-0.2, 0) is 5.54 Å². The Kier molecular flexibility index (Phi) is 2.73. The van der Waals surface area contributed by atoms with Crippen LogP contribution in [0.4, 0.5) is 0 Å². The van der Waals surface area contributed by atoms with Gasteiger partial charge in [0.25, 0.3) is 0 Å². The number of hydrogen-bond acceptors (Lipinski definition) is 4. The fourth-order valence-corrected chi connectivity index (χ4v) is 4.13. The van der Waals surface area contributed by atoms with Crippen LogP contribution in [0.3, 0.4) is 0 Å². The number of thiazole rings is 1. The van der Waals surface area contributed by atoms with Crippen LogP contribution in [0.1, 0.15) is 30.7 Å². The van der Waals surface area contributed by atoms with Gasteiger partial charge in [0.15, 0.2) is 0 Å². The second-order valence-corrected chi connectivity index (χ2v) is 5.85. The molecule has 3 rings (SSSR count). The minimum Gasteiger partial charge on any atom is -0.308 e. The van der Waals surface area contributed by atoms with E-state index in [0.29, 0.717) is 0 Å². The Labute approximate surface area is 101 Å². The number of piperidine rings is 1. The Morgan fingerprint density at radius 2 is 2.50 bits per heavy atom. The summed E-state index contributed by atoms with van der Waals surface area (Å²) in [6.07, 6.45) is 7.11. The summed E-state index contributed by atoms with van der Waals surface area (Å²) >= 11 is 1.79. The molecule has 16 heavy (non-hydrogen) atoms. The van der Waals surface area contributed by atoms with E-state index in [2.05, 4.69) is 27.6 Å². The summed E-state index contributed by atoms with van der Waals surface area (Å²) in [6.45, 7) is 2.54. The summed E-state index contributed by atoms with van der Waals surface area (Å²) in [7, 11) is 2.09. The molecule has 2 unspecified atom stereocenters. The van der Waals surface area contributed by atoms with Crippen molar-refractivity contribution >= 4 is 11.3 Å². The molecule has 0 spiro atoms. The number of hydrogen-bond donors (Lipinski definition) is 1. The summed E-state index contributed by atoms with van der Waals surface area (Å²) in [5, 5.41) is 6.93. The van der Waals surface area contributed by atoms with Crippen molar-refractivity contribution in [3.63, 3.8) is 0 Å². The molecule has 2 atom stereocenters. The SMILES string of the molecule is CNC1(c2nccs2)CCN2CCCC2C1. The second kappa shape index (κ2) is 4.09. The van der Waals surface area contributed by atoms with Crippen molar-refractivity contribution in [3.05, 3.63) is 16.6 Å². The molecule has 0 amide bonds. The average Bonchev–Trinajstić information content (AvgIpc) is 2.99. The van der Waals surface area contributed by atoms with Gasteiger partial charge < -0.3 is 10.2 Å². The first kappa shape index (κ1) is 10.7. The zero-order valence-corrected chi connectivity index (χ0v) is 10.6. The summed E-state index contributed by atoms with van der Waals surface area (Å²) < 4.78 is 0. The van der Waals surface area contributed by atoms with Crippen molar-refractivity contribution in [1.82, 2.24) is 15.2 Å². The van der Waals surface area contributed by atoms with Crippen LogP contribution in [0, 0.1) is 0 Å². The summed E-state index contributed by atoms with van der Waals surface area (Å²) in [5.74, 6) is 0. The normalized spacial score (nSPS) is 35.2. The molecule has 1 aromatic heterocycles. The van der Waals surface area contributed by atoms with Crippen LogP contribution in [-0.4, -0.2) is 36.1 Å². The minimum atomic E-state index is 0.152. The van der Waals surface area contributed by atoms with E-state index in [1.165, 1.54) is 43.8 Å². The van der Waals surface area contributed by atoms with Gasteiger partial charge in [-0.25, -0.2) is 4.98 Å². The third-order valence-electron chi connectivity index (χ3n) is 4.23. The molecule has 4 heteroatoms. The van der Waals surface area contributed by atoms with Crippen LogP contribution in [0.5, 0.6) is 0 Å². The Morgan fingerprint density at radius 1 is 1.56 bits per heavy atom. The Balaban J connectivity index is 1.86. The molecule has 3 heterocycles. The molecule has 3 nitrogen and oxygen atoms in total. The van der Waals surface area contributed by atoms with Gasteiger partial charge in [-0.3, -0.25) is 0 Å². The maximum absolute atomic E-state index is 4.53. The van der Waals surface area contributed by atoms with Crippen molar-refractivity contribution in [3.8, 4) is 0 Å². The predicted molar refractivity (Wildman–Crippen MR) is 66.7 cm³/mol. The van der Waals surface area contributed by atoms with E-state index in [9.17, 15) is 0 Å². The zero-order chi connectivity index (χ0) is 11.0. The first-order chi connectivity index (χ1) is 7.84. The van der Waals surface area contributed by atoms with Crippen LogP contribution in [0.25, 0.3) is 0 Å². The zero-order valence-electron chi connectivity index (χ0n) is 9.78. The standard InChI is InChI=1S/C12H19N3S/c1-13-12(11-14-5-8-16-11)4-7-15-6-2-3-10(15)9-12/h5,8,10,13H,2-4,6-7,9H2,1H3. The minimum absolute atomic E-state index is 0.152. The number of nitrogens with zero attached hydrogens (tertiary/aromatic N) is 2. The smallest absolute Gasteiger partial charge is 0.113 e. The number of fused-ring (bicyclic) bond motifs is 1. The number of aromatic nitrogens is 1. The fraction of sp³-hybridized carbons (Fsp3) is 0.750. The van der Waals surface area contributed by atoms with E-state index >= 15 is 0 Å². The van der Waals surface area contributed by atoms with Crippen LogP contribution >= 0.6 is 11.3 Å². The van der Waals surface area contributed by atoms with E-state index in [0.717, 1.165) is 6.04 Å². The molecule has 1 N–H and O–H groups in total. The van der Waals surface area contributed by atoms with E-state index in [1.807, 2.05) is 6.20 Å². The maximum Gasteiger partial charge on any atom is 0.113 e. The second-order valence-electron chi connectivity index (χ2n) is 4.96. The van der Waals surface area contributed by atoms with E-state index < -0.39 is 0 Å². The molecule has 88 valence electrons. The largest absolute Gasteiger partial charge is 0.308 e. The van der Waals surface area contributed by atoms with E-state index in [-0.39, 0.29) is 5.54 Å². The van der Waals surface area contributed by atoms with Gasteiger partial charge in [-0.1, -0.05) is 0 Å². The van der Waals surface area contributed by atoms with Crippen molar-refractivity contribution in [2.24, 2.45) is 0 Å². The van der Waals surface area contributed by atoms with E-state index in [1.54, 1.807) is 11.3 Å². The van der Waals surface area contributed by atoms with Gasteiger partial charge in [0.1, 0.15) is 5.01 Å². The first-order valence-corrected chi connectivity index (χ1v) is 7.05. The van der Waals surface area contributed by atoms with Gasteiger partial charge in [-0.05, 0) is 39.3 Å². The molecule has 0 bridgehead atoms. The topological polar surface area (TPSA) is 28.2 Å². The van der Waals surface area contributed by atoms with Gasteiger partial charge in [0.05, 0.1) is 5.54 Å². The molecule has 2 aliphatic heterocycles. The quantitative estimate of drug-likeness (QED) is 0.850. The highest BCUT2D eigenvalue weighted by Crippen LogP contribution is 2.39. The highest BCUT2D eigenvalue weighted by atomic mass is 32.1. The molecule has 0 saturated carbocycles. The molecular formula is C12H19N3S. The Hall–Kier alpha value is -0.450. The number of rotatable bonds is 2. The first-order valence-electron chi connectivity index (χ1n) is 6.17. The molecule has 0 radical (unpaired) electrons. The van der Waals surface area contributed by atoms with Gasteiger partial charge in [0, 0.05) is 24.2 Å². The van der Waals surface area contributed by atoms with Crippen molar-refractivity contribution in [1.29, 1.82) is 0 Å². The van der Waals surface area contributed by atoms with Crippen LogP contribution in [0.2, 0.25) is 0 Å². The number of nitrogens with one attached hydrogen (secondary N) is 1. The molecular weight excluding hydrogens is 218 g/mol.